The monoisotopic (exact) mass is 352 g/mol. The Balaban J connectivity index is 2.07. The van der Waals surface area contributed by atoms with E-state index in [1.807, 2.05) is 32.9 Å². The molecule has 1 amide bonds. The van der Waals surface area contributed by atoms with Crippen LogP contribution in [-0.2, 0) is 4.74 Å². The Morgan fingerprint density at radius 3 is 2.72 bits per heavy atom. The van der Waals surface area contributed by atoms with Crippen molar-refractivity contribution in [2.45, 2.75) is 30.6 Å². The minimum Gasteiger partial charge on any atom is -0.444 e. The molecular formula is C11H17BrN2O2S2. The molecule has 7 heteroatoms. The summed E-state index contributed by atoms with van der Waals surface area (Å²) in [5.41, 5.74) is -0.449. The van der Waals surface area contributed by atoms with Crippen molar-refractivity contribution in [3.05, 3.63) is 15.9 Å². The molecular weight excluding hydrogens is 336 g/mol. The van der Waals surface area contributed by atoms with E-state index in [-0.39, 0.29) is 6.09 Å². The molecule has 0 unspecified atom stereocenters. The standard InChI is InChI=1S/C11H17BrN2O2S2/c1-11(2,3)16-10(15)13-6-7-14-18-9-5-4-8(12)17-9/h4-5,14H,6-7H2,1-3H3,(H,13,15). The molecule has 102 valence electrons. The normalized spacial score (nSPS) is 11.3. The number of rotatable bonds is 5. The summed E-state index contributed by atoms with van der Waals surface area (Å²) in [6.07, 6.45) is -0.381. The van der Waals surface area contributed by atoms with Crippen LogP contribution < -0.4 is 10.0 Å². The maximum atomic E-state index is 11.3. The minimum absolute atomic E-state index is 0.381. The van der Waals surface area contributed by atoms with E-state index >= 15 is 0 Å². The summed E-state index contributed by atoms with van der Waals surface area (Å²) >= 11 is 6.62. The molecule has 0 saturated heterocycles. The predicted octanol–water partition coefficient (Wildman–Crippen LogP) is 3.63. The first-order valence-corrected chi connectivity index (χ1v) is 7.91. The molecule has 1 rings (SSSR count). The lowest BCUT2D eigenvalue weighted by Crippen LogP contribution is -2.35. The van der Waals surface area contributed by atoms with Gasteiger partial charge in [-0.3, -0.25) is 4.72 Å². The van der Waals surface area contributed by atoms with Crippen LogP contribution in [0.5, 0.6) is 0 Å². The summed E-state index contributed by atoms with van der Waals surface area (Å²) in [5.74, 6) is 0. The first-order chi connectivity index (χ1) is 8.37. The molecule has 0 radical (unpaired) electrons. The number of carbonyl (C=O) groups is 1. The Morgan fingerprint density at radius 2 is 2.17 bits per heavy atom. The predicted molar refractivity (Wildman–Crippen MR) is 80.1 cm³/mol. The Morgan fingerprint density at radius 1 is 1.44 bits per heavy atom. The van der Waals surface area contributed by atoms with Crippen LogP contribution in [0.1, 0.15) is 20.8 Å². The lowest BCUT2D eigenvalue weighted by atomic mass is 10.2. The van der Waals surface area contributed by atoms with Crippen LogP contribution in [-0.4, -0.2) is 24.8 Å². The van der Waals surface area contributed by atoms with E-state index in [2.05, 4.69) is 26.0 Å². The van der Waals surface area contributed by atoms with Crippen molar-refractivity contribution in [1.82, 2.24) is 10.0 Å². The topological polar surface area (TPSA) is 50.4 Å². The third-order valence-electron chi connectivity index (χ3n) is 1.62. The van der Waals surface area contributed by atoms with Crippen molar-refractivity contribution in [2.24, 2.45) is 0 Å². The number of amides is 1. The number of thiophene rings is 1. The van der Waals surface area contributed by atoms with Crippen molar-refractivity contribution in [3.63, 3.8) is 0 Å². The minimum atomic E-state index is -0.449. The van der Waals surface area contributed by atoms with Gasteiger partial charge in [-0.25, -0.2) is 4.79 Å². The molecule has 0 saturated carbocycles. The largest absolute Gasteiger partial charge is 0.444 e. The van der Waals surface area contributed by atoms with Gasteiger partial charge in [0.2, 0.25) is 0 Å². The number of hydrogen-bond donors (Lipinski definition) is 2. The molecule has 0 aliphatic heterocycles. The molecule has 0 aromatic carbocycles. The van der Waals surface area contributed by atoms with Crippen molar-refractivity contribution in [1.29, 1.82) is 0 Å². The zero-order valence-electron chi connectivity index (χ0n) is 10.6. The Kier molecular flexibility index (Phi) is 6.48. The Hall–Kier alpha value is -0.240. The van der Waals surface area contributed by atoms with Crippen molar-refractivity contribution in [3.8, 4) is 0 Å². The molecule has 18 heavy (non-hydrogen) atoms. The second-order valence-corrected chi connectivity index (χ2v) is 8.14. The first-order valence-electron chi connectivity index (χ1n) is 5.49. The van der Waals surface area contributed by atoms with E-state index in [9.17, 15) is 4.79 Å². The van der Waals surface area contributed by atoms with Gasteiger partial charge in [0.25, 0.3) is 0 Å². The van der Waals surface area contributed by atoms with Gasteiger partial charge in [-0.2, -0.15) is 0 Å². The maximum Gasteiger partial charge on any atom is 0.407 e. The molecule has 1 aromatic heterocycles. The van der Waals surface area contributed by atoms with Gasteiger partial charge in [0, 0.05) is 13.1 Å². The highest BCUT2D eigenvalue weighted by Gasteiger charge is 2.15. The molecule has 1 heterocycles. The summed E-state index contributed by atoms with van der Waals surface area (Å²) in [6.45, 7) is 6.74. The maximum absolute atomic E-state index is 11.3. The fraction of sp³-hybridized carbons (Fsp3) is 0.545. The zero-order chi connectivity index (χ0) is 13.6. The van der Waals surface area contributed by atoms with Crippen molar-refractivity contribution in [2.75, 3.05) is 13.1 Å². The second-order valence-electron chi connectivity index (χ2n) is 4.48. The Labute approximate surface area is 124 Å². The van der Waals surface area contributed by atoms with Gasteiger partial charge in [0.15, 0.2) is 0 Å². The van der Waals surface area contributed by atoms with E-state index in [4.69, 9.17) is 4.74 Å². The quantitative estimate of drug-likeness (QED) is 0.627. The molecule has 2 N–H and O–H groups in total. The summed E-state index contributed by atoms with van der Waals surface area (Å²) in [7, 11) is 0. The van der Waals surface area contributed by atoms with Crippen LogP contribution in [0.2, 0.25) is 0 Å². The second kappa shape index (κ2) is 7.37. The van der Waals surface area contributed by atoms with Gasteiger partial charge in [-0.05, 0) is 60.8 Å². The van der Waals surface area contributed by atoms with Gasteiger partial charge in [0.05, 0.1) is 8.00 Å². The van der Waals surface area contributed by atoms with E-state index in [0.29, 0.717) is 13.1 Å². The van der Waals surface area contributed by atoms with Gasteiger partial charge < -0.3 is 10.1 Å². The van der Waals surface area contributed by atoms with Crippen molar-refractivity contribution >= 4 is 45.3 Å². The number of ether oxygens (including phenoxy) is 1. The van der Waals surface area contributed by atoms with Crippen LogP contribution in [0.3, 0.4) is 0 Å². The zero-order valence-corrected chi connectivity index (χ0v) is 13.8. The molecule has 0 fully saturated rings. The number of alkyl carbamates (subject to hydrolysis) is 1. The smallest absolute Gasteiger partial charge is 0.407 e. The van der Waals surface area contributed by atoms with Crippen molar-refractivity contribution < 1.29 is 9.53 Å². The van der Waals surface area contributed by atoms with E-state index < -0.39 is 5.60 Å². The van der Waals surface area contributed by atoms with Crippen LogP contribution in [0.15, 0.2) is 20.1 Å². The summed E-state index contributed by atoms with van der Waals surface area (Å²) in [4.78, 5) is 11.3. The average molecular weight is 353 g/mol. The van der Waals surface area contributed by atoms with Gasteiger partial charge in [0.1, 0.15) is 5.60 Å². The fourth-order valence-corrected chi connectivity index (χ4v) is 3.54. The number of hydrogen-bond acceptors (Lipinski definition) is 5. The summed E-state index contributed by atoms with van der Waals surface area (Å²) in [6, 6.07) is 4.04. The van der Waals surface area contributed by atoms with E-state index in [1.165, 1.54) is 4.21 Å². The molecule has 0 aliphatic carbocycles. The highest BCUT2D eigenvalue weighted by molar-refractivity contribution is 9.11. The first kappa shape index (κ1) is 15.8. The lowest BCUT2D eigenvalue weighted by molar-refractivity contribution is 0.0529. The van der Waals surface area contributed by atoms with Gasteiger partial charge in [-0.1, -0.05) is 0 Å². The highest BCUT2D eigenvalue weighted by atomic mass is 79.9. The molecule has 0 bridgehead atoms. The number of nitrogens with one attached hydrogen (secondary N) is 2. The van der Waals surface area contributed by atoms with Crippen LogP contribution in [0.4, 0.5) is 4.79 Å². The summed E-state index contributed by atoms with van der Waals surface area (Å²) < 4.78 is 10.6. The lowest BCUT2D eigenvalue weighted by Gasteiger charge is -2.19. The SMILES string of the molecule is CC(C)(C)OC(=O)NCCNSc1ccc(Br)s1. The van der Waals surface area contributed by atoms with Crippen LogP contribution in [0, 0.1) is 0 Å². The van der Waals surface area contributed by atoms with Crippen LogP contribution >= 0.6 is 39.2 Å². The summed E-state index contributed by atoms with van der Waals surface area (Å²) in [5, 5.41) is 2.69. The Bertz CT molecular complexity index is 391. The average Bonchev–Trinajstić information content (AvgIpc) is 2.61. The number of carbonyl (C=O) groups excluding carboxylic acids is 1. The third kappa shape index (κ3) is 7.25. The van der Waals surface area contributed by atoms with Crippen LogP contribution in [0.25, 0.3) is 0 Å². The molecule has 1 aromatic rings. The van der Waals surface area contributed by atoms with E-state index in [1.54, 1.807) is 23.3 Å². The third-order valence-corrected chi connectivity index (χ3v) is 4.22. The molecule has 4 nitrogen and oxygen atoms in total. The highest BCUT2D eigenvalue weighted by Crippen LogP contribution is 2.28. The van der Waals surface area contributed by atoms with Gasteiger partial charge in [-0.15, -0.1) is 11.3 Å². The fourth-order valence-electron chi connectivity index (χ4n) is 1.00. The molecule has 0 spiro atoms. The number of halogens is 1. The molecule has 0 aliphatic rings. The van der Waals surface area contributed by atoms with Gasteiger partial charge >= 0.3 is 6.09 Å². The van der Waals surface area contributed by atoms with E-state index in [0.717, 1.165) is 3.79 Å². The molecule has 0 atom stereocenters.